The summed E-state index contributed by atoms with van der Waals surface area (Å²) in [7, 11) is 0. The number of nitrogens with two attached hydrogens (primary N) is 1. The number of likely N-dealkylation sites (tertiary alicyclic amines) is 1. The van der Waals surface area contributed by atoms with Crippen molar-refractivity contribution in [3.05, 3.63) is 17.0 Å². The highest BCUT2D eigenvalue weighted by Crippen LogP contribution is 2.50. The van der Waals surface area contributed by atoms with Crippen LogP contribution in [-0.2, 0) is 14.2 Å². The van der Waals surface area contributed by atoms with Crippen molar-refractivity contribution >= 4 is 38.9 Å². The first kappa shape index (κ1) is 22.9. The number of rotatable bonds is 3. The minimum absolute atomic E-state index is 0.00372. The van der Waals surface area contributed by atoms with Crippen molar-refractivity contribution in [1.82, 2.24) is 19.4 Å². The number of hydrogen-bond acceptors (Lipinski definition) is 7. The van der Waals surface area contributed by atoms with E-state index in [2.05, 4.69) is 30.5 Å². The lowest BCUT2D eigenvalue weighted by molar-refractivity contribution is -0.161. The third kappa shape index (κ3) is 4.21. The fourth-order valence-corrected chi connectivity index (χ4v) is 6.10. The summed E-state index contributed by atoms with van der Waals surface area (Å²) in [4.78, 5) is 22.8. The zero-order chi connectivity index (χ0) is 23.7. The van der Waals surface area contributed by atoms with Crippen LogP contribution in [0.2, 0.25) is 0 Å². The molecule has 0 bridgehead atoms. The van der Waals surface area contributed by atoms with Gasteiger partial charge in [-0.1, -0.05) is 0 Å². The second-order valence-electron chi connectivity index (χ2n) is 11.0. The van der Waals surface area contributed by atoms with Crippen molar-refractivity contribution in [3.8, 4) is 0 Å². The second-order valence-corrected chi connectivity index (χ2v) is 11.8. The Kier molecular flexibility index (Phi) is 5.41. The lowest BCUT2D eigenvalue weighted by Gasteiger charge is -2.41. The van der Waals surface area contributed by atoms with E-state index in [0.717, 1.165) is 41.4 Å². The maximum Gasteiger partial charge on any atom is 0.410 e. The fourth-order valence-electron chi connectivity index (χ4n) is 5.50. The van der Waals surface area contributed by atoms with Gasteiger partial charge in [-0.2, -0.15) is 0 Å². The molecule has 2 aliphatic heterocycles. The SMILES string of the molecule is CC(C)(C)OC(=O)N1CC(C[C@H]2C[C@@H](n3cc(Br)c4c(N)ncnc43)[C@@H]3OC(C)(C)O[C@H]23)C1. The Bertz CT molecular complexity index is 1070. The number of ether oxygens (including phenoxy) is 3. The Morgan fingerprint density at radius 1 is 1.27 bits per heavy atom. The van der Waals surface area contributed by atoms with Gasteiger partial charge in [-0.05, 0) is 75.2 Å². The molecule has 4 atom stereocenters. The van der Waals surface area contributed by atoms with E-state index in [-0.39, 0.29) is 24.3 Å². The molecule has 0 aromatic carbocycles. The van der Waals surface area contributed by atoms with Crippen LogP contribution in [0, 0.1) is 11.8 Å². The van der Waals surface area contributed by atoms with Gasteiger partial charge in [0.25, 0.3) is 0 Å². The van der Waals surface area contributed by atoms with Crippen molar-refractivity contribution < 1.29 is 19.0 Å². The van der Waals surface area contributed by atoms with E-state index >= 15 is 0 Å². The van der Waals surface area contributed by atoms with Crippen LogP contribution in [0.25, 0.3) is 11.0 Å². The number of amides is 1. The molecule has 2 aromatic heterocycles. The van der Waals surface area contributed by atoms with Crippen LogP contribution in [0.5, 0.6) is 0 Å². The van der Waals surface area contributed by atoms with Crippen LogP contribution >= 0.6 is 15.9 Å². The van der Waals surface area contributed by atoms with Gasteiger partial charge >= 0.3 is 6.09 Å². The van der Waals surface area contributed by atoms with Gasteiger partial charge in [-0.3, -0.25) is 0 Å². The average Bonchev–Trinajstić information content (AvgIpc) is 3.26. The van der Waals surface area contributed by atoms with Gasteiger partial charge in [0.2, 0.25) is 0 Å². The molecule has 1 saturated carbocycles. The molecule has 0 unspecified atom stereocenters. The molecular formula is C23H32BrN5O4. The number of halogens is 1. The number of anilines is 1. The van der Waals surface area contributed by atoms with Gasteiger partial charge in [-0.25, -0.2) is 14.8 Å². The lowest BCUT2D eigenvalue weighted by atomic mass is 9.87. The van der Waals surface area contributed by atoms with E-state index in [1.54, 1.807) is 4.90 Å². The molecule has 3 aliphatic rings. The normalized spacial score (nSPS) is 29.3. The van der Waals surface area contributed by atoms with E-state index in [1.807, 2.05) is 40.8 Å². The molecule has 2 aromatic rings. The summed E-state index contributed by atoms with van der Waals surface area (Å²) >= 11 is 3.62. The van der Waals surface area contributed by atoms with Crippen molar-refractivity contribution in [3.63, 3.8) is 0 Å². The Hall–Kier alpha value is -1.91. The summed E-state index contributed by atoms with van der Waals surface area (Å²) < 4.78 is 21.3. The highest BCUT2D eigenvalue weighted by Gasteiger charge is 2.55. The fraction of sp³-hybridized carbons (Fsp3) is 0.696. The molecule has 2 N–H and O–H groups in total. The van der Waals surface area contributed by atoms with Gasteiger partial charge in [0, 0.05) is 23.8 Å². The second kappa shape index (κ2) is 7.81. The van der Waals surface area contributed by atoms with E-state index < -0.39 is 11.4 Å². The Morgan fingerprint density at radius 2 is 1.97 bits per heavy atom. The average molecular weight is 522 g/mol. The first-order chi connectivity index (χ1) is 15.4. The number of nitrogens with zero attached hydrogens (tertiary/aromatic N) is 4. The zero-order valence-corrected chi connectivity index (χ0v) is 21.3. The van der Waals surface area contributed by atoms with Gasteiger partial charge in [0.05, 0.1) is 17.5 Å². The van der Waals surface area contributed by atoms with Crippen molar-refractivity contribution in [2.75, 3.05) is 18.8 Å². The molecule has 1 amide bonds. The van der Waals surface area contributed by atoms with Gasteiger partial charge in [-0.15, -0.1) is 0 Å². The van der Waals surface area contributed by atoms with Crippen molar-refractivity contribution in [1.29, 1.82) is 0 Å². The molecule has 180 valence electrons. The third-order valence-corrected chi connectivity index (χ3v) is 7.35. The molecule has 4 heterocycles. The van der Waals surface area contributed by atoms with Crippen LogP contribution in [0.3, 0.4) is 0 Å². The van der Waals surface area contributed by atoms with Gasteiger partial charge < -0.3 is 29.4 Å². The molecule has 5 rings (SSSR count). The molecule has 0 radical (unpaired) electrons. The Labute approximate surface area is 202 Å². The standard InChI is InChI=1S/C23H32BrN5O4/c1-22(2,3)33-21(30)28-8-12(9-28)6-13-7-15(18-17(13)31-23(4,5)32-18)29-10-14(24)16-19(25)26-11-27-20(16)29/h10-13,15,17-18H,6-9H2,1-5H3,(H2,25,26,27)/t13-,15+,17+,18-/m0/s1. The topological polar surface area (TPSA) is 105 Å². The number of nitrogen functional groups attached to an aromatic ring is 1. The van der Waals surface area contributed by atoms with Crippen molar-refractivity contribution in [2.45, 2.75) is 77.1 Å². The Balaban J connectivity index is 1.33. The number of hydrogen-bond donors (Lipinski definition) is 1. The smallest absolute Gasteiger partial charge is 0.410 e. The third-order valence-electron chi connectivity index (χ3n) is 6.75. The van der Waals surface area contributed by atoms with E-state index in [9.17, 15) is 4.79 Å². The zero-order valence-electron chi connectivity index (χ0n) is 19.7. The number of fused-ring (bicyclic) bond motifs is 2. The summed E-state index contributed by atoms with van der Waals surface area (Å²) in [6.07, 6.45) is 5.11. The summed E-state index contributed by atoms with van der Waals surface area (Å²) in [5.74, 6) is 0.573. The molecule has 0 spiro atoms. The number of aromatic nitrogens is 3. The van der Waals surface area contributed by atoms with E-state index in [4.69, 9.17) is 19.9 Å². The summed E-state index contributed by atoms with van der Waals surface area (Å²) in [5, 5.41) is 0.822. The van der Waals surface area contributed by atoms with Crippen LogP contribution in [0.15, 0.2) is 17.0 Å². The number of carbonyl (C=O) groups excluding carboxylic acids is 1. The minimum atomic E-state index is -0.636. The molecule has 2 saturated heterocycles. The quantitative estimate of drug-likeness (QED) is 0.647. The largest absolute Gasteiger partial charge is 0.444 e. The van der Waals surface area contributed by atoms with Gasteiger partial charge in [0.15, 0.2) is 5.79 Å². The summed E-state index contributed by atoms with van der Waals surface area (Å²) in [6.45, 7) is 11.1. The van der Waals surface area contributed by atoms with E-state index in [1.165, 1.54) is 6.33 Å². The molecule has 1 aliphatic carbocycles. The highest BCUT2D eigenvalue weighted by molar-refractivity contribution is 9.10. The van der Waals surface area contributed by atoms with Crippen LogP contribution in [0.1, 0.15) is 53.5 Å². The van der Waals surface area contributed by atoms with Crippen LogP contribution in [-0.4, -0.2) is 62.2 Å². The Morgan fingerprint density at radius 3 is 2.67 bits per heavy atom. The monoisotopic (exact) mass is 521 g/mol. The highest BCUT2D eigenvalue weighted by atomic mass is 79.9. The first-order valence-electron chi connectivity index (χ1n) is 11.5. The molecule has 9 nitrogen and oxygen atoms in total. The molecule has 3 fully saturated rings. The lowest BCUT2D eigenvalue weighted by Crippen LogP contribution is -2.52. The number of carbonyl (C=O) groups is 1. The van der Waals surface area contributed by atoms with Crippen LogP contribution < -0.4 is 5.73 Å². The predicted molar refractivity (Wildman–Crippen MR) is 127 cm³/mol. The molecular weight excluding hydrogens is 490 g/mol. The van der Waals surface area contributed by atoms with Crippen LogP contribution in [0.4, 0.5) is 10.6 Å². The van der Waals surface area contributed by atoms with Gasteiger partial charge in [0.1, 0.15) is 29.5 Å². The predicted octanol–water partition coefficient (Wildman–Crippen LogP) is 4.11. The first-order valence-corrected chi connectivity index (χ1v) is 12.3. The minimum Gasteiger partial charge on any atom is -0.444 e. The molecule has 33 heavy (non-hydrogen) atoms. The summed E-state index contributed by atoms with van der Waals surface area (Å²) in [5.41, 5.74) is 6.44. The summed E-state index contributed by atoms with van der Waals surface area (Å²) in [6, 6.07) is 0.0758. The maximum absolute atomic E-state index is 12.3. The van der Waals surface area contributed by atoms with Crippen molar-refractivity contribution in [2.24, 2.45) is 11.8 Å². The molecule has 10 heteroatoms. The van der Waals surface area contributed by atoms with E-state index in [0.29, 0.717) is 17.7 Å². The maximum atomic E-state index is 12.3.